The average molecular weight is 661 g/mol. The Bertz CT molecular complexity index is 1190. The predicted octanol–water partition coefficient (Wildman–Crippen LogP) is 5.40. The van der Waals surface area contributed by atoms with Crippen LogP contribution in [0.4, 0.5) is 0 Å². The molecule has 3 fully saturated rings. The summed E-state index contributed by atoms with van der Waals surface area (Å²) < 4.78 is 11.4. The van der Waals surface area contributed by atoms with Gasteiger partial charge in [-0.05, 0) is 48.6 Å². The number of benzene rings is 2. The number of nitrogens with zero attached hydrogens (tertiary/aromatic N) is 2. The molecule has 0 radical (unpaired) electrons. The van der Waals surface area contributed by atoms with E-state index in [0.717, 1.165) is 35.8 Å². The molecule has 0 spiro atoms. The van der Waals surface area contributed by atoms with E-state index in [1.807, 2.05) is 59.5 Å². The SMILES string of the molecule is Cl.O=C(CN(C(=O)C1CSCN1)[C@H](CCC1CCCCC1)C(=S)NCc1ccc(Oc2ccccc2)cc1)N1CCOCC1. The van der Waals surface area contributed by atoms with Crippen molar-refractivity contribution in [1.29, 1.82) is 0 Å². The minimum Gasteiger partial charge on any atom is -0.457 e. The van der Waals surface area contributed by atoms with E-state index in [1.165, 1.54) is 32.1 Å². The second-order valence-electron chi connectivity index (χ2n) is 11.6. The quantitative estimate of drug-likeness (QED) is 0.293. The number of nitrogens with one attached hydrogen (secondary N) is 2. The molecule has 2 heterocycles. The van der Waals surface area contributed by atoms with Gasteiger partial charge < -0.3 is 24.6 Å². The highest BCUT2D eigenvalue weighted by molar-refractivity contribution is 7.99. The van der Waals surface area contributed by atoms with Crippen molar-refractivity contribution in [3.05, 3.63) is 60.2 Å². The number of carbonyl (C=O) groups is 2. The molecule has 2 saturated heterocycles. The molecular weight excluding hydrogens is 616 g/mol. The van der Waals surface area contributed by atoms with Gasteiger partial charge in [0.05, 0.1) is 30.3 Å². The van der Waals surface area contributed by atoms with Crippen molar-refractivity contribution in [1.82, 2.24) is 20.4 Å². The Morgan fingerprint density at radius 2 is 1.75 bits per heavy atom. The maximum Gasteiger partial charge on any atom is 0.242 e. The summed E-state index contributed by atoms with van der Waals surface area (Å²) in [5.74, 6) is 3.57. The molecule has 2 amide bonds. The van der Waals surface area contributed by atoms with E-state index in [4.69, 9.17) is 21.7 Å². The molecule has 11 heteroatoms. The Hall–Kier alpha value is -2.37. The first-order valence-electron chi connectivity index (χ1n) is 15.6. The summed E-state index contributed by atoms with van der Waals surface area (Å²) in [5, 5.41) is 6.78. The van der Waals surface area contributed by atoms with E-state index in [1.54, 1.807) is 16.7 Å². The summed E-state index contributed by atoms with van der Waals surface area (Å²) in [6, 6.07) is 17.0. The summed E-state index contributed by atoms with van der Waals surface area (Å²) in [4.78, 5) is 31.7. The molecule has 2 aromatic rings. The number of amides is 2. The summed E-state index contributed by atoms with van der Waals surface area (Å²) in [6.07, 6.45) is 8.05. The van der Waals surface area contributed by atoms with Gasteiger partial charge in [0.2, 0.25) is 11.8 Å². The van der Waals surface area contributed by atoms with Crippen LogP contribution in [-0.4, -0.2) is 83.2 Å². The molecule has 8 nitrogen and oxygen atoms in total. The second kappa shape index (κ2) is 17.9. The molecule has 3 aliphatic rings. The Labute approximate surface area is 277 Å². The summed E-state index contributed by atoms with van der Waals surface area (Å²) >= 11 is 7.74. The molecular formula is C33H45ClN4O4S2. The predicted molar refractivity (Wildman–Crippen MR) is 183 cm³/mol. The molecule has 0 bridgehead atoms. The fourth-order valence-corrected chi connectivity index (χ4v) is 7.31. The number of para-hydroxylation sites is 1. The molecule has 1 aliphatic carbocycles. The Morgan fingerprint density at radius 1 is 1.05 bits per heavy atom. The largest absolute Gasteiger partial charge is 0.457 e. The average Bonchev–Trinajstić information content (AvgIpc) is 3.60. The third-order valence-corrected chi connectivity index (χ3v) is 9.94. The van der Waals surface area contributed by atoms with Crippen LogP contribution in [0, 0.1) is 5.92 Å². The minimum atomic E-state index is -0.345. The van der Waals surface area contributed by atoms with Crippen LogP contribution in [0.15, 0.2) is 54.6 Å². The molecule has 240 valence electrons. The number of carbonyl (C=O) groups excluding carboxylic acids is 2. The topological polar surface area (TPSA) is 83.1 Å². The molecule has 44 heavy (non-hydrogen) atoms. The van der Waals surface area contributed by atoms with Gasteiger partial charge in [0.15, 0.2) is 0 Å². The first-order valence-corrected chi connectivity index (χ1v) is 17.2. The molecule has 2 aromatic carbocycles. The number of hydrogen-bond donors (Lipinski definition) is 2. The van der Waals surface area contributed by atoms with Gasteiger partial charge in [0.1, 0.15) is 18.0 Å². The van der Waals surface area contributed by atoms with Crippen LogP contribution >= 0.6 is 36.4 Å². The lowest BCUT2D eigenvalue weighted by Crippen LogP contribution is -2.57. The van der Waals surface area contributed by atoms with Gasteiger partial charge >= 0.3 is 0 Å². The molecule has 1 unspecified atom stereocenters. The number of hydrogen-bond acceptors (Lipinski definition) is 7. The van der Waals surface area contributed by atoms with Crippen molar-refractivity contribution in [2.45, 2.75) is 63.6 Å². The van der Waals surface area contributed by atoms with Gasteiger partial charge in [-0.2, -0.15) is 0 Å². The third-order valence-electron chi connectivity index (χ3n) is 8.59. The van der Waals surface area contributed by atoms with Crippen molar-refractivity contribution < 1.29 is 19.1 Å². The normalized spacial score (nSPS) is 19.5. The highest BCUT2D eigenvalue weighted by Gasteiger charge is 2.36. The zero-order valence-electron chi connectivity index (χ0n) is 25.3. The smallest absolute Gasteiger partial charge is 0.242 e. The van der Waals surface area contributed by atoms with Crippen LogP contribution in [-0.2, 0) is 20.9 Å². The van der Waals surface area contributed by atoms with Crippen molar-refractivity contribution in [2.75, 3.05) is 44.5 Å². The summed E-state index contributed by atoms with van der Waals surface area (Å²) in [7, 11) is 0. The maximum absolute atomic E-state index is 14.0. The van der Waals surface area contributed by atoms with Gasteiger partial charge in [0.25, 0.3) is 0 Å². The van der Waals surface area contributed by atoms with Gasteiger partial charge in [-0.15, -0.1) is 24.2 Å². The molecule has 0 aromatic heterocycles. The van der Waals surface area contributed by atoms with E-state index in [-0.39, 0.29) is 42.8 Å². The highest BCUT2D eigenvalue weighted by atomic mass is 35.5. The van der Waals surface area contributed by atoms with Gasteiger partial charge in [-0.3, -0.25) is 14.9 Å². The number of halogens is 1. The van der Waals surface area contributed by atoms with E-state index in [2.05, 4.69) is 10.6 Å². The van der Waals surface area contributed by atoms with Crippen LogP contribution in [0.25, 0.3) is 0 Å². The molecule has 1 saturated carbocycles. The van der Waals surface area contributed by atoms with Crippen molar-refractivity contribution in [3.63, 3.8) is 0 Å². The fraction of sp³-hybridized carbons (Fsp3) is 0.545. The molecule has 5 rings (SSSR count). The number of thioether (sulfide) groups is 1. The van der Waals surface area contributed by atoms with Gasteiger partial charge in [0, 0.05) is 31.3 Å². The summed E-state index contributed by atoms with van der Waals surface area (Å²) in [5.41, 5.74) is 1.06. The zero-order chi connectivity index (χ0) is 29.9. The maximum atomic E-state index is 14.0. The molecule has 2 aliphatic heterocycles. The first kappa shape index (κ1) is 34.5. The van der Waals surface area contributed by atoms with Crippen LogP contribution in [0.2, 0.25) is 0 Å². The second-order valence-corrected chi connectivity index (χ2v) is 13.1. The number of thiocarbonyl (C=S) groups is 1. The van der Waals surface area contributed by atoms with E-state index in [9.17, 15) is 9.59 Å². The minimum absolute atomic E-state index is 0. The van der Waals surface area contributed by atoms with E-state index < -0.39 is 0 Å². The van der Waals surface area contributed by atoms with Crippen LogP contribution in [0.5, 0.6) is 11.5 Å². The zero-order valence-corrected chi connectivity index (χ0v) is 27.7. The van der Waals surface area contributed by atoms with Gasteiger partial charge in [-0.25, -0.2) is 0 Å². The van der Waals surface area contributed by atoms with Crippen LogP contribution in [0.1, 0.15) is 50.5 Å². The number of ether oxygens (including phenoxy) is 2. The van der Waals surface area contributed by atoms with Gasteiger partial charge in [-0.1, -0.05) is 74.7 Å². The van der Waals surface area contributed by atoms with Crippen LogP contribution < -0.4 is 15.4 Å². The molecule has 2 atom stereocenters. The Morgan fingerprint density at radius 3 is 2.43 bits per heavy atom. The monoisotopic (exact) mass is 660 g/mol. The first-order chi connectivity index (χ1) is 21.1. The van der Waals surface area contributed by atoms with Crippen molar-refractivity contribution >= 4 is 53.2 Å². The lowest BCUT2D eigenvalue weighted by molar-refractivity contribution is -0.144. The number of morpholine rings is 1. The number of rotatable bonds is 12. The lowest BCUT2D eigenvalue weighted by Gasteiger charge is -2.37. The van der Waals surface area contributed by atoms with Crippen molar-refractivity contribution in [3.8, 4) is 11.5 Å². The van der Waals surface area contributed by atoms with Crippen molar-refractivity contribution in [2.24, 2.45) is 5.92 Å². The van der Waals surface area contributed by atoms with E-state index in [0.29, 0.717) is 49.5 Å². The summed E-state index contributed by atoms with van der Waals surface area (Å²) in [6.45, 7) is 2.73. The Kier molecular flexibility index (Phi) is 14.1. The highest BCUT2D eigenvalue weighted by Crippen LogP contribution is 2.29. The fourth-order valence-electron chi connectivity index (χ4n) is 6.06. The standard InChI is InChI=1S/C33H44N4O4S2.ClH/c38-31(36-17-19-40-20-18-36)22-37(33(39)29-23-43-24-35-29)30(16-13-25-7-3-1-4-8-25)32(42)34-21-26-11-14-28(15-12-26)41-27-9-5-2-6-10-27;/h2,5-6,9-12,14-15,25,29-30,35H,1,3-4,7-8,13,16-24H2,(H,34,42);1H/t29?,30-;/m1./s1. The molecule has 2 N–H and O–H groups in total. The third kappa shape index (κ3) is 10.1. The van der Waals surface area contributed by atoms with Crippen LogP contribution in [0.3, 0.4) is 0 Å². The van der Waals surface area contributed by atoms with E-state index >= 15 is 0 Å². The Balaban J connectivity index is 0.00000442. The lowest BCUT2D eigenvalue weighted by atomic mass is 9.85.